The van der Waals surface area contributed by atoms with Crippen LogP contribution in [0.5, 0.6) is 0 Å². The highest BCUT2D eigenvalue weighted by molar-refractivity contribution is 7.99. The van der Waals surface area contributed by atoms with E-state index in [2.05, 4.69) is 16.4 Å². The van der Waals surface area contributed by atoms with Gasteiger partial charge in [0.05, 0.1) is 12.6 Å². The summed E-state index contributed by atoms with van der Waals surface area (Å²) in [6, 6.07) is 2.67. The van der Waals surface area contributed by atoms with Crippen molar-refractivity contribution in [1.82, 2.24) is 10.3 Å². The van der Waals surface area contributed by atoms with Gasteiger partial charge in [-0.1, -0.05) is 0 Å². The molecule has 0 spiro atoms. The summed E-state index contributed by atoms with van der Waals surface area (Å²) in [6.45, 7) is 1.50. The van der Waals surface area contributed by atoms with Crippen LogP contribution >= 0.6 is 11.8 Å². The molecule has 5 fully saturated rings. The number of nitrogens with one attached hydrogen (secondary N) is 2. The van der Waals surface area contributed by atoms with E-state index < -0.39 is 0 Å². The minimum absolute atomic E-state index is 0.0306. The van der Waals surface area contributed by atoms with Gasteiger partial charge in [0, 0.05) is 30.0 Å². The normalized spacial score (nSPS) is 45.1. The Morgan fingerprint density at radius 1 is 1.18 bits per heavy atom. The lowest BCUT2D eigenvalue weighted by Gasteiger charge is -2.55. The van der Waals surface area contributed by atoms with E-state index in [4.69, 9.17) is 5.26 Å². The number of nitrogens with zero attached hydrogens (tertiary/aromatic N) is 2. The first-order valence-corrected chi connectivity index (χ1v) is 9.89. The average molecular weight is 322 g/mol. The zero-order valence-electron chi connectivity index (χ0n) is 13.0. The van der Waals surface area contributed by atoms with Crippen LogP contribution in [0.1, 0.15) is 32.1 Å². The Hall–Kier alpha value is -0.320. The molecule has 0 aromatic rings. The lowest BCUT2D eigenvalue weighted by molar-refractivity contribution is -0.932. The van der Waals surface area contributed by atoms with Crippen molar-refractivity contribution in [3.63, 3.8) is 0 Å². The van der Waals surface area contributed by atoms with E-state index in [0.717, 1.165) is 30.0 Å². The Kier molecular flexibility index (Phi) is 4.35. The number of thioether (sulfide) groups is 1. The van der Waals surface area contributed by atoms with Crippen LogP contribution in [0.4, 0.5) is 0 Å². The van der Waals surface area contributed by atoms with Crippen molar-refractivity contribution >= 4 is 11.8 Å². The van der Waals surface area contributed by atoms with Crippen molar-refractivity contribution in [2.24, 2.45) is 23.7 Å². The van der Waals surface area contributed by atoms with Gasteiger partial charge in [-0.15, -0.1) is 11.8 Å². The van der Waals surface area contributed by atoms with Gasteiger partial charge in [-0.2, -0.15) is 10.7 Å². The van der Waals surface area contributed by atoms with Gasteiger partial charge in [0.1, 0.15) is 12.1 Å². The Morgan fingerprint density at radius 3 is 2.50 bits per heavy atom. The van der Waals surface area contributed by atoms with Gasteiger partial charge < -0.3 is 5.21 Å². The van der Waals surface area contributed by atoms with Crippen LogP contribution in [0.15, 0.2) is 0 Å². The first-order chi connectivity index (χ1) is 10.7. The molecular formula is C16H26N4OS. The molecule has 5 aliphatic rings. The molecule has 122 valence electrons. The first kappa shape index (κ1) is 15.2. The molecule has 5 nitrogen and oxygen atoms in total. The molecular weight excluding hydrogens is 296 g/mol. The first-order valence-electron chi connectivity index (χ1n) is 8.73. The van der Waals surface area contributed by atoms with Gasteiger partial charge in [-0.05, 0) is 43.9 Å². The van der Waals surface area contributed by atoms with Crippen molar-refractivity contribution in [3.8, 4) is 6.07 Å². The van der Waals surface area contributed by atoms with Crippen LogP contribution in [0, 0.1) is 40.2 Å². The summed E-state index contributed by atoms with van der Waals surface area (Å²) in [5.74, 6) is 4.98. The molecule has 0 amide bonds. The van der Waals surface area contributed by atoms with Crippen LogP contribution in [-0.4, -0.2) is 41.7 Å². The molecule has 1 aliphatic heterocycles. The highest BCUT2D eigenvalue weighted by atomic mass is 32.2. The van der Waals surface area contributed by atoms with Crippen molar-refractivity contribution in [3.05, 3.63) is 5.21 Å². The van der Waals surface area contributed by atoms with Crippen molar-refractivity contribution in [2.45, 2.75) is 44.2 Å². The third-order valence-electron chi connectivity index (χ3n) is 6.35. The molecule has 2 atom stereocenters. The van der Waals surface area contributed by atoms with E-state index in [1.165, 1.54) is 32.1 Å². The van der Waals surface area contributed by atoms with Crippen LogP contribution in [0.25, 0.3) is 0 Å². The minimum Gasteiger partial charge on any atom is -0.613 e. The highest BCUT2D eigenvalue weighted by Gasteiger charge is 2.51. The topological polar surface area (TPSA) is 66.6 Å². The number of nitriles is 1. The van der Waals surface area contributed by atoms with E-state index >= 15 is 0 Å². The number of rotatable bonds is 5. The maximum atomic E-state index is 12.7. The van der Waals surface area contributed by atoms with E-state index in [9.17, 15) is 5.21 Å². The summed E-state index contributed by atoms with van der Waals surface area (Å²) in [6.07, 6.45) is 6.62. The van der Waals surface area contributed by atoms with Crippen molar-refractivity contribution in [1.29, 1.82) is 5.26 Å². The van der Waals surface area contributed by atoms with Crippen LogP contribution in [0.3, 0.4) is 0 Å². The lowest BCUT2D eigenvalue weighted by Crippen LogP contribution is -3.20. The largest absolute Gasteiger partial charge is 0.613 e. The zero-order chi connectivity index (χ0) is 15.1. The molecule has 4 bridgehead atoms. The monoisotopic (exact) mass is 322 g/mol. The van der Waals surface area contributed by atoms with Crippen molar-refractivity contribution in [2.75, 3.05) is 24.7 Å². The summed E-state index contributed by atoms with van der Waals surface area (Å²) < 4.78 is 0. The van der Waals surface area contributed by atoms with E-state index in [1.807, 2.05) is 11.8 Å². The summed E-state index contributed by atoms with van der Waals surface area (Å²) in [5.41, 5.74) is 3.18. The maximum absolute atomic E-state index is 12.7. The van der Waals surface area contributed by atoms with E-state index in [-0.39, 0.29) is 12.1 Å². The Bertz CT molecular complexity index is 426. The number of quaternary nitrogens is 1. The molecule has 0 aromatic heterocycles. The molecule has 5 rings (SSSR count). The molecule has 4 aliphatic carbocycles. The SMILES string of the molecule is N#CC1CSCN1CCN[NH+]([O-])C1C2CC3CC(C2)CC1C3. The third kappa shape index (κ3) is 2.78. The zero-order valence-corrected chi connectivity index (χ0v) is 13.9. The molecule has 0 aromatic carbocycles. The molecule has 0 radical (unpaired) electrons. The quantitative estimate of drug-likeness (QED) is 0.726. The Morgan fingerprint density at radius 2 is 1.86 bits per heavy atom. The summed E-state index contributed by atoms with van der Waals surface area (Å²) >= 11 is 1.81. The molecule has 22 heavy (non-hydrogen) atoms. The molecule has 2 N–H and O–H groups in total. The Balaban J connectivity index is 1.28. The fraction of sp³-hybridized carbons (Fsp3) is 0.938. The van der Waals surface area contributed by atoms with Gasteiger partial charge in [-0.25, -0.2) is 0 Å². The molecule has 1 saturated heterocycles. The lowest BCUT2D eigenvalue weighted by atomic mass is 9.54. The highest BCUT2D eigenvalue weighted by Crippen LogP contribution is 2.52. The Labute approximate surface area is 136 Å². The number of hydroxylamine groups is 1. The standard InChI is InChI=1S/C16H26N4OS/c17-8-15-9-22-10-19(15)2-1-18-20(21)16-13-4-11-3-12(6-13)7-14(16)5-11/h11-16,18,20H,1-7,9-10H2. The van der Waals surface area contributed by atoms with E-state index in [0.29, 0.717) is 23.6 Å². The fourth-order valence-corrected chi connectivity index (χ4v) is 6.77. The predicted octanol–water partition coefficient (Wildman–Crippen LogP) is 0.597. The molecule has 1 heterocycles. The molecule has 4 saturated carbocycles. The molecule has 2 unspecified atom stereocenters. The van der Waals surface area contributed by atoms with Gasteiger partial charge in [0.15, 0.2) is 0 Å². The minimum atomic E-state index is 0.0306. The summed E-state index contributed by atoms with van der Waals surface area (Å²) in [5, 5.41) is 22.1. The van der Waals surface area contributed by atoms with Crippen LogP contribution in [0.2, 0.25) is 0 Å². The van der Waals surface area contributed by atoms with Crippen molar-refractivity contribution < 1.29 is 5.17 Å². The van der Waals surface area contributed by atoms with E-state index in [1.54, 1.807) is 0 Å². The number of hydrogen-bond donors (Lipinski definition) is 2. The predicted molar refractivity (Wildman–Crippen MR) is 86.6 cm³/mol. The summed E-state index contributed by atoms with van der Waals surface area (Å²) in [4.78, 5) is 2.18. The van der Waals surface area contributed by atoms with Gasteiger partial charge in [0.2, 0.25) is 0 Å². The third-order valence-corrected chi connectivity index (χ3v) is 7.42. The van der Waals surface area contributed by atoms with Gasteiger partial charge in [-0.3, -0.25) is 10.1 Å². The van der Waals surface area contributed by atoms with Crippen LogP contribution < -0.4 is 10.6 Å². The van der Waals surface area contributed by atoms with Crippen LogP contribution in [-0.2, 0) is 0 Å². The number of hydrogen-bond acceptors (Lipinski definition) is 5. The van der Waals surface area contributed by atoms with Gasteiger partial charge >= 0.3 is 0 Å². The second-order valence-electron chi connectivity index (χ2n) is 7.70. The van der Waals surface area contributed by atoms with Gasteiger partial charge in [0.25, 0.3) is 0 Å². The second kappa shape index (κ2) is 6.29. The average Bonchev–Trinajstić information content (AvgIpc) is 2.93. The summed E-state index contributed by atoms with van der Waals surface area (Å²) in [7, 11) is 0. The molecule has 6 heteroatoms. The second-order valence-corrected chi connectivity index (χ2v) is 8.70. The smallest absolute Gasteiger partial charge is 0.110 e. The maximum Gasteiger partial charge on any atom is 0.110 e. The fourth-order valence-electron chi connectivity index (χ4n) is 5.61.